The second kappa shape index (κ2) is 7.83. The minimum atomic E-state index is -0.357. The summed E-state index contributed by atoms with van der Waals surface area (Å²) >= 11 is 1.34. The molecule has 0 fully saturated rings. The molecule has 2 heterocycles. The summed E-state index contributed by atoms with van der Waals surface area (Å²) in [5.41, 5.74) is 1.12. The van der Waals surface area contributed by atoms with Gasteiger partial charge in [-0.3, -0.25) is 15.1 Å². The molecule has 0 radical (unpaired) electrons. The molecule has 0 bridgehead atoms. The molecule has 26 heavy (non-hydrogen) atoms. The molecule has 1 aromatic carbocycles. The largest absolute Gasteiger partial charge is 0.493 e. The van der Waals surface area contributed by atoms with Gasteiger partial charge in [0.15, 0.2) is 16.6 Å². The van der Waals surface area contributed by atoms with E-state index in [0.717, 1.165) is 10.6 Å². The van der Waals surface area contributed by atoms with E-state index in [1.54, 1.807) is 24.5 Å². The predicted octanol–water partition coefficient (Wildman–Crippen LogP) is 3.48. The fourth-order valence-electron chi connectivity index (χ4n) is 2.40. The van der Waals surface area contributed by atoms with Crippen molar-refractivity contribution in [1.82, 2.24) is 9.97 Å². The molecule has 0 spiro atoms. The summed E-state index contributed by atoms with van der Waals surface area (Å²) in [6.07, 6.45) is 3.39. The van der Waals surface area contributed by atoms with Gasteiger partial charge in [0.05, 0.1) is 37.5 Å². The van der Waals surface area contributed by atoms with E-state index in [1.807, 2.05) is 18.2 Å². The summed E-state index contributed by atoms with van der Waals surface area (Å²) in [5.74, 6) is 0.777. The van der Waals surface area contributed by atoms with Crippen molar-refractivity contribution < 1.29 is 19.0 Å². The van der Waals surface area contributed by atoms with Crippen LogP contribution in [0.1, 0.15) is 10.4 Å². The van der Waals surface area contributed by atoms with Crippen LogP contribution >= 0.6 is 11.3 Å². The van der Waals surface area contributed by atoms with Crippen molar-refractivity contribution in [3.63, 3.8) is 0 Å². The van der Waals surface area contributed by atoms with Crippen LogP contribution in [0.3, 0.4) is 0 Å². The summed E-state index contributed by atoms with van der Waals surface area (Å²) in [4.78, 5) is 22.0. The van der Waals surface area contributed by atoms with Gasteiger partial charge in [-0.25, -0.2) is 4.98 Å². The molecule has 0 atom stereocenters. The first-order valence-electron chi connectivity index (χ1n) is 7.65. The minimum Gasteiger partial charge on any atom is -0.493 e. The van der Waals surface area contributed by atoms with Gasteiger partial charge in [-0.15, -0.1) is 0 Å². The van der Waals surface area contributed by atoms with Gasteiger partial charge in [-0.05, 0) is 24.3 Å². The molecular weight excluding hydrogens is 354 g/mol. The highest BCUT2D eigenvalue weighted by Crippen LogP contribution is 2.40. The number of thiazole rings is 1. The van der Waals surface area contributed by atoms with Crippen molar-refractivity contribution >= 4 is 22.4 Å². The third-order valence-corrected chi connectivity index (χ3v) is 4.53. The fraction of sp³-hybridized carbons (Fsp3) is 0.167. The van der Waals surface area contributed by atoms with Crippen molar-refractivity contribution in [3.8, 4) is 27.8 Å². The van der Waals surface area contributed by atoms with E-state index in [9.17, 15) is 4.79 Å². The number of rotatable bonds is 6. The zero-order chi connectivity index (χ0) is 18.5. The Balaban J connectivity index is 1.86. The molecule has 0 unspecified atom stereocenters. The standard InChI is InChI=1S/C18H17N3O4S/c1-23-13-8-7-11(15(24-2)16(13)25-3)17(22)21-18-20-10-14(26-18)12-6-4-5-9-19-12/h4-10H,1-3H3,(H,20,21,22). The number of hydrogen-bond acceptors (Lipinski definition) is 7. The number of benzene rings is 1. The fourth-order valence-corrected chi connectivity index (χ4v) is 3.19. The molecule has 0 aliphatic rings. The number of pyridine rings is 1. The Bertz CT molecular complexity index is 912. The van der Waals surface area contributed by atoms with Crippen molar-refractivity contribution in [2.45, 2.75) is 0 Å². The number of carbonyl (C=O) groups excluding carboxylic acids is 1. The molecule has 3 rings (SSSR count). The van der Waals surface area contributed by atoms with Crippen molar-refractivity contribution in [2.24, 2.45) is 0 Å². The van der Waals surface area contributed by atoms with Crippen LogP contribution in [0.25, 0.3) is 10.6 Å². The molecule has 1 amide bonds. The van der Waals surface area contributed by atoms with E-state index >= 15 is 0 Å². The predicted molar refractivity (Wildman–Crippen MR) is 99.4 cm³/mol. The molecule has 0 aliphatic carbocycles. The lowest BCUT2D eigenvalue weighted by atomic mass is 10.1. The zero-order valence-electron chi connectivity index (χ0n) is 14.5. The maximum Gasteiger partial charge on any atom is 0.261 e. The van der Waals surface area contributed by atoms with Gasteiger partial charge < -0.3 is 14.2 Å². The highest BCUT2D eigenvalue weighted by molar-refractivity contribution is 7.19. The second-order valence-electron chi connectivity index (χ2n) is 5.08. The van der Waals surface area contributed by atoms with Crippen molar-refractivity contribution in [2.75, 3.05) is 26.6 Å². The topological polar surface area (TPSA) is 82.6 Å². The molecule has 0 saturated carbocycles. The lowest BCUT2D eigenvalue weighted by Gasteiger charge is -2.15. The summed E-state index contributed by atoms with van der Waals surface area (Å²) in [5, 5.41) is 3.24. The maximum atomic E-state index is 12.7. The van der Waals surface area contributed by atoms with Gasteiger partial charge in [0, 0.05) is 12.4 Å². The molecule has 7 nitrogen and oxygen atoms in total. The summed E-state index contributed by atoms with van der Waals surface area (Å²) in [6.45, 7) is 0. The summed E-state index contributed by atoms with van der Waals surface area (Å²) < 4.78 is 15.9. The Hall–Kier alpha value is -3.13. The van der Waals surface area contributed by atoms with Gasteiger partial charge in [-0.1, -0.05) is 17.4 Å². The molecular formula is C18H17N3O4S. The van der Waals surface area contributed by atoms with Gasteiger partial charge in [0.2, 0.25) is 5.75 Å². The first kappa shape index (κ1) is 17.7. The monoisotopic (exact) mass is 371 g/mol. The first-order valence-corrected chi connectivity index (χ1v) is 8.47. The Morgan fingerprint density at radius 3 is 2.46 bits per heavy atom. The summed E-state index contributed by atoms with van der Waals surface area (Å²) in [6, 6.07) is 8.89. The maximum absolute atomic E-state index is 12.7. The van der Waals surface area contributed by atoms with Crippen LogP contribution < -0.4 is 19.5 Å². The SMILES string of the molecule is COc1ccc(C(=O)Nc2ncc(-c3ccccn3)s2)c(OC)c1OC. The van der Waals surface area contributed by atoms with E-state index in [4.69, 9.17) is 14.2 Å². The van der Waals surface area contributed by atoms with Crippen molar-refractivity contribution in [3.05, 3.63) is 48.3 Å². The number of anilines is 1. The molecule has 0 saturated heterocycles. The van der Waals surface area contributed by atoms with E-state index in [2.05, 4.69) is 15.3 Å². The van der Waals surface area contributed by atoms with Gasteiger partial charge in [-0.2, -0.15) is 0 Å². The van der Waals surface area contributed by atoms with Gasteiger partial charge in [0.25, 0.3) is 5.91 Å². The third-order valence-electron chi connectivity index (χ3n) is 3.59. The molecule has 2 aromatic heterocycles. The molecule has 134 valence electrons. The third kappa shape index (κ3) is 3.45. The second-order valence-corrected chi connectivity index (χ2v) is 6.11. The number of ether oxygens (including phenoxy) is 3. The van der Waals surface area contributed by atoms with Crippen LogP contribution in [0, 0.1) is 0 Å². The number of nitrogens with zero attached hydrogens (tertiary/aromatic N) is 2. The van der Waals surface area contributed by atoms with Crippen molar-refractivity contribution in [1.29, 1.82) is 0 Å². The number of methoxy groups -OCH3 is 3. The van der Waals surface area contributed by atoms with E-state index < -0.39 is 0 Å². The van der Waals surface area contributed by atoms with Crippen LogP contribution in [-0.4, -0.2) is 37.2 Å². The Morgan fingerprint density at radius 1 is 1.00 bits per heavy atom. The first-order chi connectivity index (χ1) is 12.7. The molecule has 1 N–H and O–H groups in total. The normalized spacial score (nSPS) is 10.3. The number of hydrogen-bond donors (Lipinski definition) is 1. The van der Waals surface area contributed by atoms with Crippen LogP contribution in [0.15, 0.2) is 42.7 Å². The van der Waals surface area contributed by atoms with Gasteiger partial charge in [0.1, 0.15) is 0 Å². The minimum absolute atomic E-state index is 0.297. The number of carbonyl (C=O) groups is 1. The van der Waals surface area contributed by atoms with Gasteiger partial charge >= 0.3 is 0 Å². The van der Waals surface area contributed by atoms with E-state index in [-0.39, 0.29) is 5.91 Å². The van der Waals surface area contributed by atoms with E-state index in [1.165, 1.54) is 32.7 Å². The number of nitrogens with one attached hydrogen (secondary N) is 1. The lowest BCUT2D eigenvalue weighted by Crippen LogP contribution is -2.13. The highest BCUT2D eigenvalue weighted by Gasteiger charge is 2.21. The average molecular weight is 371 g/mol. The Kier molecular flexibility index (Phi) is 5.33. The Morgan fingerprint density at radius 2 is 1.81 bits per heavy atom. The highest BCUT2D eigenvalue weighted by atomic mass is 32.1. The van der Waals surface area contributed by atoms with Crippen LogP contribution in [0.2, 0.25) is 0 Å². The molecule has 0 aliphatic heterocycles. The smallest absolute Gasteiger partial charge is 0.261 e. The van der Waals surface area contributed by atoms with E-state index in [0.29, 0.717) is 27.9 Å². The number of aromatic nitrogens is 2. The Labute approximate surface area is 154 Å². The van der Waals surface area contributed by atoms with Crippen LogP contribution in [0.5, 0.6) is 17.2 Å². The summed E-state index contributed by atoms with van der Waals surface area (Å²) in [7, 11) is 4.48. The average Bonchev–Trinajstić information content (AvgIpc) is 3.15. The lowest BCUT2D eigenvalue weighted by molar-refractivity contribution is 0.102. The zero-order valence-corrected chi connectivity index (χ0v) is 15.3. The molecule has 8 heteroatoms. The van der Waals surface area contributed by atoms with Crippen LogP contribution in [-0.2, 0) is 0 Å². The van der Waals surface area contributed by atoms with Crippen LogP contribution in [0.4, 0.5) is 5.13 Å². The quantitative estimate of drug-likeness (QED) is 0.714. The number of amides is 1. The molecule has 3 aromatic rings.